The number of nitrogens with one attached hydrogen (secondary N) is 1. The molecule has 0 unspecified atom stereocenters. The Morgan fingerprint density at radius 1 is 1.00 bits per heavy atom. The molecule has 0 spiro atoms. The third-order valence-corrected chi connectivity index (χ3v) is 4.81. The van der Waals surface area contributed by atoms with Crippen LogP contribution in [0.1, 0.15) is 0 Å². The van der Waals surface area contributed by atoms with E-state index in [2.05, 4.69) is 5.32 Å². The van der Waals surface area contributed by atoms with Gasteiger partial charge in [0.25, 0.3) is 5.69 Å². The number of fused-ring (bicyclic) bond motifs is 2. The van der Waals surface area contributed by atoms with E-state index >= 15 is 0 Å². The van der Waals surface area contributed by atoms with Crippen LogP contribution < -0.4 is 10.7 Å². The summed E-state index contributed by atoms with van der Waals surface area (Å²) in [7, 11) is 0. The molecule has 7 nitrogen and oxygen atoms in total. The van der Waals surface area contributed by atoms with Crippen molar-refractivity contribution in [1.82, 2.24) is 4.57 Å². The predicted molar refractivity (Wildman–Crippen MR) is 112 cm³/mol. The number of anilines is 1. The number of non-ortho nitro benzene ring substituents is 1. The molecule has 4 aromatic rings. The molecule has 3 aromatic carbocycles. The summed E-state index contributed by atoms with van der Waals surface area (Å²) < 4.78 is 1.68. The topological polar surface area (TPSA) is 94.2 Å². The zero-order valence-corrected chi connectivity index (χ0v) is 15.7. The van der Waals surface area contributed by atoms with Crippen molar-refractivity contribution in [1.29, 1.82) is 0 Å². The first-order chi connectivity index (χ1) is 13.9. The molecule has 1 N–H and O–H groups in total. The zero-order chi connectivity index (χ0) is 20.5. The van der Waals surface area contributed by atoms with Gasteiger partial charge in [0.1, 0.15) is 6.54 Å². The third-order valence-electron chi connectivity index (χ3n) is 4.58. The molecule has 0 radical (unpaired) electrons. The first-order valence-electron chi connectivity index (χ1n) is 8.69. The fraction of sp³-hybridized carbons (Fsp3) is 0.0476. The number of rotatable bonds is 4. The van der Waals surface area contributed by atoms with Crippen LogP contribution in [0.15, 0.2) is 71.5 Å². The Kier molecular flexibility index (Phi) is 4.74. The van der Waals surface area contributed by atoms with Gasteiger partial charge in [0, 0.05) is 28.2 Å². The van der Waals surface area contributed by atoms with Gasteiger partial charge in [-0.2, -0.15) is 0 Å². The molecule has 144 valence electrons. The number of para-hydroxylation sites is 1. The summed E-state index contributed by atoms with van der Waals surface area (Å²) in [6, 6.07) is 17.7. The van der Waals surface area contributed by atoms with Crippen LogP contribution in [0.3, 0.4) is 0 Å². The summed E-state index contributed by atoms with van der Waals surface area (Å²) in [5.41, 5.74) is 1.07. The molecule has 29 heavy (non-hydrogen) atoms. The molecular weight excluding hydrogens is 394 g/mol. The van der Waals surface area contributed by atoms with E-state index in [1.54, 1.807) is 53.1 Å². The number of amides is 1. The number of carbonyl (C=O) groups excluding carboxylic acids is 1. The van der Waals surface area contributed by atoms with Crippen LogP contribution in [0, 0.1) is 10.1 Å². The van der Waals surface area contributed by atoms with E-state index in [4.69, 9.17) is 11.6 Å². The second-order valence-corrected chi connectivity index (χ2v) is 6.89. The SMILES string of the molecule is O=C(Cn1c2ccccc2c(=O)c2cc([N+](=O)[O-])ccc21)Nc1cccc(Cl)c1. The number of hydrogen-bond donors (Lipinski definition) is 1. The van der Waals surface area contributed by atoms with Crippen molar-refractivity contribution in [2.75, 3.05) is 5.32 Å². The Morgan fingerprint density at radius 3 is 2.52 bits per heavy atom. The summed E-state index contributed by atoms with van der Waals surface area (Å²) in [6.45, 7) is -0.0817. The molecule has 0 aliphatic rings. The highest BCUT2D eigenvalue weighted by atomic mass is 35.5. The number of aromatic nitrogens is 1. The van der Waals surface area contributed by atoms with Crippen molar-refractivity contribution < 1.29 is 9.72 Å². The molecule has 0 saturated carbocycles. The normalized spacial score (nSPS) is 10.9. The highest BCUT2D eigenvalue weighted by molar-refractivity contribution is 6.30. The fourth-order valence-electron chi connectivity index (χ4n) is 3.31. The van der Waals surface area contributed by atoms with Crippen molar-refractivity contribution in [3.05, 3.63) is 92.1 Å². The lowest BCUT2D eigenvalue weighted by atomic mass is 10.1. The van der Waals surface area contributed by atoms with Gasteiger partial charge in [-0.15, -0.1) is 0 Å². The molecule has 4 rings (SSSR count). The maximum Gasteiger partial charge on any atom is 0.270 e. The maximum absolute atomic E-state index is 12.9. The molecule has 0 aliphatic carbocycles. The molecule has 1 heterocycles. The van der Waals surface area contributed by atoms with Gasteiger partial charge in [-0.25, -0.2) is 0 Å². The Bertz CT molecular complexity index is 1350. The van der Waals surface area contributed by atoms with Crippen LogP contribution >= 0.6 is 11.6 Å². The van der Waals surface area contributed by atoms with E-state index in [-0.39, 0.29) is 29.0 Å². The maximum atomic E-state index is 12.9. The zero-order valence-electron chi connectivity index (χ0n) is 15.0. The van der Waals surface area contributed by atoms with Crippen LogP contribution in [0.4, 0.5) is 11.4 Å². The molecule has 1 amide bonds. The van der Waals surface area contributed by atoms with Gasteiger partial charge in [0.2, 0.25) is 5.91 Å². The van der Waals surface area contributed by atoms with Crippen molar-refractivity contribution in [2.45, 2.75) is 6.54 Å². The minimum Gasteiger partial charge on any atom is -0.331 e. The lowest BCUT2D eigenvalue weighted by molar-refractivity contribution is -0.384. The van der Waals surface area contributed by atoms with E-state index in [0.29, 0.717) is 27.1 Å². The lowest BCUT2D eigenvalue weighted by Crippen LogP contribution is -2.21. The number of halogens is 1. The third kappa shape index (κ3) is 3.55. The highest BCUT2D eigenvalue weighted by Gasteiger charge is 2.16. The second kappa shape index (κ2) is 7.37. The number of nitro groups is 1. The monoisotopic (exact) mass is 407 g/mol. The Labute approximate surface area is 169 Å². The summed E-state index contributed by atoms with van der Waals surface area (Å²) in [4.78, 5) is 36.1. The van der Waals surface area contributed by atoms with Crippen molar-refractivity contribution in [2.24, 2.45) is 0 Å². The lowest BCUT2D eigenvalue weighted by Gasteiger charge is -2.15. The van der Waals surface area contributed by atoms with Crippen LogP contribution in [0.2, 0.25) is 5.02 Å². The van der Waals surface area contributed by atoms with Crippen LogP contribution in [-0.2, 0) is 11.3 Å². The summed E-state index contributed by atoms with van der Waals surface area (Å²) in [6.07, 6.45) is 0. The molecule has 0 bridgehead atoms. The predicted octanol–water partition coefficient (Wildman–Crippen LogP) is 4.36. The summed E-state index contributed by atoms with van der Waals surface area (Å²) in [5, 5.41) is 15.0. The first-order valence-corrected chi connectivity index (χ1v) is 9.07. The number of carbonyl (C=O) groups is 1. The van der Waals surface area contributed by atoms with Gasteiger partial charge in [0.15, 0.2) is 5.43 Å². The average molecular weight is 408 g/mol. The standard InChI is InChI=1S/C21H14ClN3O4/c22-13-4-3-5-14(10-13)23-20(26)12-24-18-7-2-1-6-16(18)21(27)17-11-15(25(28)29)8-9-19(17)24/h1-11H,12H2,(H,23,26). The second-order valence-electron chi connectivity index (χ2n) is 6.45. The van der Waals surface area contributed by atoms with Crippen LogP contribution in [0.5, 0.6) is 0 Å². The van der Waals surface area contributed by atoms with Crippen molar-refractivity contribution >= 4 is 50.7 Å². The molecule has 1 aromatic heterocycles. The number of benzene rings is 3. The minimum atomic E-state index is -0.551. The number of hydrogen-bond acceptors (Lipinski definition) is 4. The van der Waals surface area contributed by atoms with E-state index in [1.165, 1.54) is 18.2 Å². The molecule has 0 saturated heterocycles. The average Bonchev–Trinajstić information content (AvgIpc) is 2.70. The van der Waals surface area contributed by atoms with E-state index < -0.39 is 4.92 Å². The van der Waals surface area contributed by atoms with Gasteiger partial charge in [0.05, 0.1) is 21.3 Å². The Balaban J connectivity index is 1.85. The highest BCUT2D eigenvalue weighted by Crippen LogP contribution is 2.23. The summed E-state index contributed by atoms with van der Waals surface area (Å²) in [5.74, 6) is -0.319. The number of nitro benzene ring substituents is 1. The quantitative estimate of drug-likeness (QED) is 0.309. The summed E-state index contributed by atoms with van der Waals surface area (Å²) >= 11 is 5.96. The van der Waals surface area contributed by atoms with Crippen LogP contribution in [0.25, 0.3) is 21.8 Å². The van der Waals surface area contributed by atoms with E-state index in [0.717, 1.165) is 0 Å². The van der Waals surface area contributed by atoms with Gasteiger partial charge in [-0.3, -0.25) is 19.7 Å². The molecule has 8 heteroatoms. The smallest absolute Gasteiger partial charge is 0.270 e. The number of nitrogens with zero attached hydrogens (tertiary/aromatic N) is 2. The Hall–Kier alpha value is -3.71. The van der Waals surface area contributed by atoms with Gasteiger partial charge >= 0.3 is 0 Å². The van der Waals surface area contributed by atoms with Crippen molar-refractivity contribution in [3.63, 3.8) is 0 Å². The van der Waals surface area contributed by atoms with Crippen molar-refractivity contribution in [3.8, 4) is 0 Å². The van der Waals surface area contributed by atoms with E-state index in [1.807, 2.05) is 0 Å². The van der Waals surface area contributed by atoms with Gasteiger partial charge < -0.3 is 9.88 Å². The molecule has 0 atom stereocenters. The van der Waals surface area contributed by atoms with Gasteiger partial charge in [-0.1, -0.05) is 29.8 Å². The molecular formula is C21H14ClN3O4. The van der Waals surface area contributed by atoms with Gasteiger partial charge in [-0.05, 0) is 36.4 Å². The number of pyridine rings is 1. The molecule has 0 fully saturated rings. The van der Waals surface area contributed by atoms with Crippen LogP contribution in [-0.4, -0.2) is 15.4 Å². The largest absolute Gasteiger partial charge is 0.331 e. The van der Waals surface area contributed by atoms with E-state index in [9.17, 15) is 19.7 Å². The molecule has 0 aliphatic heterocycles. The first kappa shape index (κ1) is 18.6. The fourth-order valence-corrected chi connectivity index (χ4v) is 3.50. The minimum absolute atomic E-state index is 0.0817. The Morgan fingerprint density at radius 2 is 1.76 bits per heavy atom.